The Labute approximate surface area is 125 Å². The van der Waals surface area contributed by atoms with Crippen LogP contribution >= 0.6 is 0 Å². The molecule has 0 atom stereocenters. The zero-order valence-electron chi connectivity index (χ0n) is 11.7. The number of hydrogen-bond donors (Lipinski definition) is 2. The quantitative estimate of drug-likeness (QED) is 0.530. The normalized spacial score (nSPS) is 9.33. The predicted octanol–water partition coefficient (Wildman–Crippen LogP) is 4.32. The van der Waals surface area contributed by atoms with E-state index in [1.54, 1.807) is 0 Å². The molecule has 0 radical (unpaired) electrons. The van der Waals surface area contributed by atoms with Crippen molar-refractivity contribution in [1.82, 2.24) is 0 Å². The van der Waals surface area contributed by atoms with Gasteiger partial charge in [0.15, 0.2) is 0 Å². The molecule has 0 aliphatic carbocycles. The monoisotopic (exact) mass is 274 g/mol. The van der Waals surface area contributed by atoms with Crippen molar-refractivity contribution in [3.63, 3.8) is 0 Å². The zero-order valence-corrected chi connectivity index (χ0v) is 11.7. The van der Waals surface area contributed by atoms with Gasteiger partial charge in [0, 0.05) is 5.56 Å². The molecule has 21 heavy (non-hydrogen) atoms. The molecule has 0 bridgehead atoms. The molecule has 3 rings (SSSR count). The van der Waals surface area contributed by atoms with Crippen LogP contribution in [0.2, 0.25) is 0 Å². The SMILES string of the molecule is N=C(N)c1ccccc1.c1ccc(-c2ccccc2)cc1. The molecule has 2 nitrogen and oxygen atoms in total. The van der Waals surface area contributed by atoms with Gasteiger partial charge < -0.3 is 5.73 Å². The Balaban J connectivity index is 0.000000161. The Kier molecular flexibility index (Phi) is 5.30. The van der Waals surface area contributed by atoms with Gasteiger partial charge >= 0.3 is 0 Å². The molecule has 0 amide bonds. The topological polar surface area (TPSA) is 49.9 Å². The molecule has 0 aromatic heterocycles. The largest absolute Gasteiger partial charge is 0.384 e. The van der Waals surface area contributed by atoms with Gasteiger partial charge in [-0.25, -0.2) is 0 Å². The van der Waals surface area contributed by atoms with Gasteiger partial charge in [-0.15, -0.1) is 0 Å². The maximum atomic E-state index is 7.01. The van der Waals surface area contributed by atoms with Crippen molar-refractivity contribution in [2.45, 2.75) is 0 Å². The first-order chi connectivity index (χ1) is 10.3. The van der Waals surface area contributed by atoms with Gasteiger partial charge in [-0.3, -0.25) is 5.41 Å². The average molecular weight is 274 g/mol. The van der Waals surface area contributed by atoms with E-state index in [0.29, 0.717) is 0 Å². The van der Waals surface area contributed by atoms with Crippen LogP contribution < -0.4 is 5.73 Å². The van der Waals surface area contributed by atoms with Crippen molar-refractivity contribution < 1.29 is 0 Å². The number of benzene rings is 3. The second kappa shape index (κ2) is 7.65. The lowest BCUT2D eigenvalue weighted by Crippen LogP contribution is -2.10. The molecule has 3 N–H and O–H groups in total. The summed E-state index contributed by atoms with van der Waals surface area (Å²) in [6, 6.07) is 30.0. The first kappa shape index (κ1) is 14.5. The molecule has 104 valence electrons. The lowest BCUT2D eigenvalue weighted by molar-refractivity contribution is 1.42. The number of nitrogens with two attached hydrogens (primary N) is 1. The summed E-state index contributed by atoms with van der Waals surface area (Å²) in [4.78, 5) is 0. The van der Waals surface area contributed by atoms with Crippen LogP contribution in [0.1, 0.15) is 5.56 Å². The molecular formula is C19H18N2. The minimum absolute atomic E-state index is 0.121. The number of nitrogens with one attached hydrogen (secondary N) is 1. The fourth-order valence-electron chi connectivity index (χ4n) is 1.88. The van der Waals surface area contributed by atoms with Crippen LogP contribution in [-0.4, -0.2) is 5.84 Å². The van der Waals surface area contributed by atoms with Crippen LogP contribution in [0.3, 0.4) is 0 Å². The van der Waals surface area contributed by atoms with Gasteiger partial charge in [-0.1, -0.05) is 91.0 Å². The number of nitrogen functional groups attached to an aromatic ring is 1. The first-order valence-electron chi connectivity index (χ1n) is 6.77. The Morgan fingerprint density at radius 2 is 0.905 bits per heavy atom. The molecule has 0 aliphatic rings. The standard InChI is InChI=1S/C12H10.C7H8N2/c1-3-7-11(8-4-1)12-9-5-2-6-10-12;8-7(9)6-4-2-1-3-5-6/h1-10H;1-5H,(H3,8,9). The predicted molar refractivity (Wildman–Crippen MR) is 89.3 cm³/mol. The molecule has 0 spiro atoms. The van der Waals surface area contributed by atoms with Crippen LogP contribution in [0.15, 0.2) is 91.0 Å². The molecular weight excluding hydrogens is 256 g/mol. The van der Waals surface area contributed by atoms with Crippen LogP contribution in [-0.2, 0) is 0 Å². The van der Waals surface area contributed by atoms with E-state index < -0.39 is 0 Å². The van der Waals surface area contributed by atoms with Crippen LogP contribution in [0.4, 0.5) is 0 Å². The van der Waals surface area contributed by atoms with E-state index in [-0.39, 0.29) is 5.84 Å². The highest BCUT2D eigenvalue weighted by molar-refractivity contribution is 5.94. The van der Waals surface area contributed by atoms with Gasteiger partial charge in [-0.2, -0.15) is 0 Å². The number of rotatable bonds is 2. The second-order valence-electron chi connectivity index (χ2n) is 4.51. The Bertz CT molecular complexity index is 624. The summed E-state index contributed by atoms with van der Waals surface area (Å²) in [5.74, 6) is 0.121. The van der Waals surface area contributed by atoms with E-state index in [2.05, 4.69) is 48.5 Å². The van der Waals surface area contributed by atoms with E-state index in [4.69, 9.17) is 11.1 Å². The van der Waals surface area contributed by atoms with Crippen molar-refractivity contribution in [2.24, 2.45) is 5.73 Å². The van der Waals surface area contributed by atoms with Crippen molar-refractivity contribution in [2.75, 3.05) is 0 Å². The molecule has 0 fully saturated rings. The fraction of sp³-hybridized carbons (Fsp3) is 0. The number of amidine groups is 1. The Hall–Kier alpha value is -2.87. The van der Waals surface area contributed by atoms with Gasteiger partial charge in [0.2, 0.25) is 0 Å². The summed E-state index contributed by atoms with van der Waals surface area (Å²) in [5.41, 5.74) is 8.52. The third-order valence-electron chi connectivity index (χ3n) is 2.97. The maximum Gasteiger partial charge on any atom is 0.122 e. The summed E-state index contributed by atoms with van der Waals surface area (Å²) < 4.78 is 0. The lowest BCUT2D eigenvalue weighted by Gasteiger charge is -1.98. The molecule has 2 heteroatoms. The molecule has 3 aromatic rings. The van der Waals surface area contributed by atoms with E-state index in [0.717, 1.165) is 5.56 Å². The van der Waals surface area contributed by atoms with Crippen LogP contribution in [0.5, 0.6) is 0 Å². The summed E-state index contributed by atoms with van der Waals surface area (Å²) in [6.45, 7) is 0. The van der Waals surface area contributed by atoms with Crippen molar-refractivity contribution >= 4 is 5.84 Å². The van der Waals surface area contributed by atoms with Crippen LogP contribution in [0, 0.1) is 5.41 Å². The van der Waals surface area contributed by atoms with Gasteiger partial charge in [0.25, 0.3) is 0 Å². The van der Waals surface area contributed by atoms with Crippen molar-refractivity contribution in [3.8, 4) is 11.1 Å². The van der Waals surface area contributed by atoms with E-state index in [1.807, 2.05) is 42.5 Å². The molecule has 0 heterocycles. The highest BCUT2D eigenvalue weighted by Crippen LogP contribution is 2.17. The van der Waals surface area contributed by atoms with Gasteiger partial charge in [0.1, 0.15) is 5.84 Å². The molecule has 0 saturated heterocycles. The summed E-state index contributed by atoms with van der Waals surface area (Å²) >= 11 is 0. The number of hydrogen-bond acceptors (Lipinski definition) is 1. The van der Waals surface area contributed by atoms with Gasteiger partial charge in [0.05, 0.1) is 0 Å². The molecule has 0 saturated carbocycles. The smallest absolute Gasteiger partial charge is 0.122 e. The lowest BCUT2D eigenvalue weighted by atomic mass is 10.1. The van der Waals surface area contributed by atoms with E-state index >= 15 is 0 Å². The third kappa shape index (κ3) is 4.62. The first-order valence-corrected chi connectivity index (χ1v) is 6.77. The highest BCUT2D eigenvalue weighted by Gasteiger charge is 1.92. The van der Waals surface area contributed by atoms with E-state index in [1.165, 1.54) is 11.1 Å². The molecule has 0 unspecified atom stereocenters. The van der Waals surface area contributed by atoms with Crippen LogP contribution in [0.25, 0.3) is 11.1 Å². The summed E-state index contributed by atoms with van der Waals surface area (Å²) in [7, 11) is 0. The second-order valence-corrected chi connectivity index (χ2v) is 4.51. The average Bonchev–Trinajstić information content (AvgIpc) is 2.58. The highest BCUT2D eigenvalue weighted by atomic mass is 14.7. The van der Waals surface area contributed by atoms with Crippen molar-refractivity contribution in [1.29, 1.82) is 5.41 Å². The van der Waals surface area contributed by atoms with E-state index in [9.17, 15) is 0 Å². The van der Waals surface area contributed by atoms with Crippen molar-refractivity contribution in [3.05, 3.63) is 96.6 Å². The zero-order chi connectivity index (χ0) is 14.9. The minimum Gasteiger partial charge on any atom is -0.384 e. The minimum atomic E-state index is 0.121. The molecule has 3 aromatic carbocycles. The fourth-order valence-corrected chi connectivity index (χ4v) is 1.88. The molecule has 0 aliphatic heterocycles. The third-order valence-corrected chi connectivity index (χ3v) is 2.97. The van der Waals surface area contributed by atoms with Gasteiger partial charge in [-0.05, 0) is 11.1 Å². The summed E-state index contributed by atoms with van der Waals surface area (Å²) in [5, 5.41) is 7.01. The Morgan fingerprint density at radius 3 is 1.19 bits per heavy atom. The Morgan fingerprint density at radius 1 is 0.571 bits per heavy atom. The maximum absolute atomic E-state index is 7.01. The summed E-state index contributed by atoms with van der Waals surface area (Å²) in [6.07, 6.45) is 0.